The molecule has 170 valence electrons. The van der Waals surface area contributed by atoms with Gasteiger partial charge >= 0.3 is 5.97 Å². The molecule has 0 radical (unpaired) electrons. The highest BCUT2D eigenvalue weighted by Crippen LogP contribution is 2.39. The average Bonchev–Trinajstić information content (AvgIpc) is 3.39. The van der Waals surface area contributed by atoms with Gasteiger partial charge in [-0.15, -0.1) is 0 Å². The Bertz CT molecular complexity index is 1380. The molecular formula is C24H21ClF2N4O2. The van der Waals surface area contributed by atoms with Crippen molar-refractivity contribution in [1.82, 2.24) is 14.8 Å². The van der Waals surface area contributed by atoms with Crippen molar-refractivity contribution >= 4 is 34.2 Å². The van der Waals surface area contributed by atoms with Crippen LogP contribution in [0.5, 0.6) is 0 Å². The van der Waals surface area contributed by atoms with Gasteiger partial charge in [-0.25, -0.2) is 13.6 Å². The van der Waals surface area contributed by atoms with Crippen LogP contribution in [0, 0.1) is 0 Å². The van der Waals surface area contributed by atoms with Crippen LogP contribution in [0.1, 0.15) is 39.9 Å². The van der Waals surface area contributed by atoms with Crippen molar-refractivity contribution < 1.29 is 18.7 Å². The van der Waals surface area contributed by atoms with Crippen molar-refractivity contribution in [3.63, 3.8) is 0 Å². The lowest BCUT2D eigenvalue weighted by molar-refractivity contribution is 0.0699. The number of carboxylic acids is 1. The molecule has 0 bridgehead atoms. The second-order valence-electron chi connectivity index (χ2n) is 8.30. The Hall–Kier alpha value is -3.39. The summed E-state index contributed by atoms with van der Waals surface area (Å²) < 4.78 is 29.7. The summed E-state index contributed by atoms with van der Waals surface area (Å²) in [5.74, 6) is -1.04. The second-order valence-corrected chi connectivity index (χ2v) is 8.71. The molecule has 0 amide bonds. The Kier molecular flexibility index (Phi) is 5.32. The molecule has 0 fully saturated rings. The van der Waals surface area contributed by atoms with E-state index in [1.807, 2.05) is 6.07 Å². The fourth-order valence-electron chi connectivity index (χ4n) is 4.61. The van der Waals surface area contributed by atoms with Gasteiger partial charge in [0.2, 0.25) is 0 Å². The van der Waals surface area contributed by atoms with Crippen molar-refractivity contribution in [2.45, 2.75) is 25.8 Å². The third-order valence-electron chi connectivity index (χ3n) is 6.12. The summed E-state index contributed by atoms with van der Waals surface area (Å²) in [5.41, 5.74) is 4.45. The Morgan fingerprint density at radius 1 is 1.30 bits per heavy atom. The third-order valence-corrected chi connectivity index (χ3v) is 6.42. The fourth-order valence-corrected chi connectivity index (χ4v) is 4.91. The molecule has 33 heavy (non-hydrogen) atoms. The normalized spacial score (nSPS) is 13.7. The molecule has 6 nitrogen and oxygen atoms in total. The molecule has 0 atom stereocenters. The number of carbonyl (C=O) groups is 1. The van der Waals surface area contributed by atoms with E-state index in [0.717, 1.165) is 29.7 Å². The minimum absolute atomic E-state index is 0.0269. The van der Waals surface area contributed by atoms with E-state index in [1.54, 1.807) is 42.3 Å². The monoisotopic (exact) mass is 470 g/mol. The summed E-state index contributed by atoms with van der Waals surface area (Å²) in [5, 5.41) is 14.5. The van der Waals surface area contributed by atoms with Crippen LogP contribution in [0.25, 0.3) is 22.0 Å². The number of fused-ring (bicyclic) bond motifs is 2. The predicted molar refractivity (Wildman–Crippen MR) is 123 cm³/mol. The first kappa shape index (κ1) is 21.5. The molecule has 0 saturated heterocycles. The maximum Gasteiger partial charge on any atom is 0.337 e. The lowest BCUT2D eigenvalue weighted by Gasteiger charge is -2.32. The number of alkyl halides is 2. The molecule has 0 spiro atoms. The Morgan fingerprint density at radius 2 is 2.12 bits per heavy atom. The van der Waals surface area contributed by atoms with E-state index in [4.69, 9.17) is 11.6 Å². The van der Waals surface area contributed by atoms with E-state index in [-0.39, 0.29) is 11.1 Å². The molecule has 4 aromatic rings. The molecule has 2 aromatic heterocycles. The molecule has 9 heteroatoms. The van der Waals surface area contributed by atoms with Crippen LogP contribution in [0.3, 0.4) is 0 Å². The minimum Gasteiger partial charge on any atom is -0.478 e. The van der Waals surface area contributed by atoms with E-state index in [2.05, 4.69) is 15.0 Å². The summed E-state index contributed by atoms with van der Waals surface area (Å²) in [6, 6.07) is 7.03. The van der Waals surface area contributed by atoms with Gasteiger partial charge in [-0.05, 0) is 53.8 Å². The van der Waals surface area contributed by atoms with Gasteiger partial charge < -0.3 is 15.0 Å². The summed E-state index contributed by atoms with van der Waals surface area (Å²) >= 11 is 6.41. The van der Waals surface area contributed by atoms with E-state index >= 15 is 0 Å². The summed E-state index contributed by atoms with van der Waals surface area (Å²) in [7, 11) is 1.76. The van der Waals surface area contributed by atoms with Crippen molar-refractivity contribution in [2.75, 3.05) is 11.4 Å². The van der Waals surface area contributed by atoms with Crippen LogP contribution in [0.15, 0.2) is 42.9 Å². The van der Waals surface area contributed by atoms with Crippen LogP contribution in [-0.2, 0) is 20.0 Å². The van der Waals surface area contributed by atoms with Gasteiger partial charge in [0, 0.05) is 54.7 Å². The predicted octanol–water partition coefficient (Wildman–Crippen LogP) is 5.81. The zero-order valence-electron chi connectivity index (χ0n) is 17.8. The number of carboxylic acid groups (broad SMARTS) is 1. The number of nitrogens with zero attached hydrogens (tertiary/aromatic N) is 3. The quantitative estimate of drug-likeness (QED) is 0.386. The molecule has 5 rings (SSSR count). The van der Waals surface area contributed by atoms with Crippen molar-refractivity contribution in [3.8, 4) is 11.1 Å². The van der Waals surface area contributed by atoms with Gasteiger partial charge in [-0.3, -0.25) is 4.68 Å². The van der Waals surface area contributed by atoms with E-state index in [9.17, 15) is 18.7 Å². The smallest absolute Gasteiger partial charge is 0.337 e. The average molecular weight is 471 g/mol. The van der Waals surface area contributed by atoms with E-state index in [0.29, 0.717) is 40.1 Å². The number of benzene rings is 2. The number of hydrogen-bond acceptors (Lipinski definition) is 3. The van der Waals surface area contributed by atoms with Crippen LogP contribution < -0.4 is 4.90 Å². The first-order valence-electron chi connectivity index (χ1n) is 10.5. The van der Waals surface area contributed by atoms with Gasteiger partial charge in [0.1, 0.15) is 0 Å². The molecule has 1 aliphatic rings. The molecule has 0 saturated carbocycles. The maximum atomic E-state index is 14.0. The number of aromatic carboxylic acids is 1. The number of hydrogen-bond donors (Lipinski definition) is 2. The van der Waals surface area contributed by atoms with Crippen molar-refractivity contribution in [1.29, 1.82) is 0 Å². The first-order chi connectivity index (χ1) is 15.8. The zero-order chi connectivity index (χ0) is 23.3. The molecule has 2 aromatic carbocycles. The highest BCUT2D eigenvalue weighted by atomic mass is 35.5. The molecule has 2 N–H and O–H groups in total. The number of aryl methyl sites for hydroxylation is 2. The number of anilines is 1. The first-order valence-corrected chi connectivity index (χ1v) is 10.9. The Balaban J connectivity index is 1.55. The number of nitrogens with one attached hydrogen (secondary N) is 1. The number of H-pyrrole nitrogens is 1. The number of rotatable bonds is 5. The van der Waals surface area contributed by atoms with Crippen LogP contribution >= 0.6 is 11.6 Å². The molecule has 1 aliphatic heterocycles. The largest absolute Gasteiger partial charge is 0.478 e. The Morgan fingerprint density at radius 3 is 2.82 bits per heavy atom. The van der Waals surface area contributed by atoms with Crippen LogP contribution in [-0.4, -0.2) is 32.4 Å². The molecule has 3 heterocycles. The van der Waals surface area contributed by atoms with Gasteiger partial charge in [0.15, 0.2) is 0 Å². The van der Waals surface area contributed by atoms with Crippen molar-refractivity contribution in [2.24, 2.45) is 7.05 Å². The SMILES string of the molecule is Cn1cc(-c2cc3c(cc2C(F)F)N(Cc2cc(Cl)c4[nH]cc(C(=O)O)c4c2)CCC3)cn1. The fraction of sp³-hybridized carbons (Fsp3) is 0.250. The zero-order valence-corrected chi connectivity index (χ0v) is 18.5. The van der Waals surface area contributed by atoms with E-state index < -0.39 is 12.4 Å². The van der Waals surface area contributed by atoms with Gasteiger partial charge in [0.25, 0.3) is 6.43 Å². The van der Waals surface area contributed by atoms with Crippen LogP contribution in [0.2, 0.25) is 5.02 Å². The van der Waals surface area contributed by atoms with Gasteiger partial charge in [-0.1, -0.05) is 11.6 Å². The van der Waals surface area contributed by atoms with Crippen LogP contribution in [0.4, 0.5) is 14.5 Å². The molecule has 0 aliphatic carbocycles. The molecule has 0 unspecified atom stereocenters. The third kappa shape index (κ3) is 3.84. The maximum absolute atomic E-state index is 14.0. The van der Waals surface area contributed by atoms with Gasteiger partial charge in [0.05, 0.1) is 22.3 Å². The highest BCUT2D eigenvalue weighted by Gasteiger charge is 2.24. The lowest BCUT2D eigenvalue weighted by Crippen LogP contribution is -2.29. The molecular weight excluding hydrogens is 450 g/mol. The number of aromatic nitrogens is 3. The van der Waals surface area contributed by atoms with Crippen molar-refractivity contribution in [3.05, 3.63) is 70.1 Å². The second kappa shape index (κ2) is 8.19. The topological polar surface area (TPSA) is 74.2 Å². The summed E-state index contributed by atoms with van der Waals surface area (Å²) in [6.07, 6.45) is 3.81. The standard InChI is InChI=1S/C24H21ClF2N4O2/c1-30-12-15(9-29-30)16-7-14-3-2-4-31(21(14)8-18(16)23(26)27)11-13-5-17-19(24(32)33)10-28-22(17)20(25)6-13/h5-10,12,23,28H,2-4,11H2,1H3,(H,32,33). The Labute approximate surface area is 193 Å². The summed E-state index contributed by atoms with van der Waals surface area (Å²) in [4.78, 5) is 16.5. The summed E-state index contributed by atoms with van der Waals surface area (Å²) in [6.45, 7) is 1.14. The number of aromatic amines is 1. The lowest BCUT2D eigenvalue weighted by atomic mass is 9.93. The van der Waals surface area contributed by atoms with E-state index in [1.165, 1.54) is 6.20 Å². The van der Waals surface area contributed by atoms with Gasteiger partial charge in [-0.2, -0.15) is 5.10 Å². The number of halogens is 3. The highest BCUT2D eigenvalue weighted by molar-refractivity contribution is 6.35. The minimum atomic E-state index is -2.63.